The molecule has 0 aliphatic heterocycles. The summed E-state index contributed by atoms with van der Waals surface area (Å²) in [6.07, 6.45) is 5.81. The summed E-state index contributed by atoms with van der Waals surface area (Å²) in [6, 6.07) is -1.92. The molecule has 0 aromatic rings. The molecular formula is C10H16N2O5S. The van der Waals surface area contributed by atoms with Crippen LogP contribution in [0.1, 0.15) is 6.42 Å². The zero-order chi connectivity index (χ0) is 14.3. The minimum absolute atomic E-state index is 0.0320. The number of hydrogen-bond donors (Lipinski definition) is 2. The molecule has 0 aliphatic carbocycles. The molecule has 0 fully saturated rings. The van der Waals surface area contributed by atoms with Crippen LogP contribution < -0.4 is 5.32 Å². The third kappa shape index (κ3) is 6.75. The van der Waals surface area contributed by atoms with Crippen LogP contribution in [0, 0.1) is 12.3 Å². The highest BCUT2D eigenvalue weighted by Gasteiger charge is 2.22. The van der Waals surface area contributed by atoms with Gasteiger partial charge in [-0.2, -0.15) is 0 Å². The highest BCUT2D eigenvalue weighted by Crippen LogP contribution is 1.98. The summed E-state index contributed by atoms with van der Waals surface area (Å²) in [7, 11) is -1.87. The van der Waals surface area contributed by atoms with Gasteiger partial charge in [-0.3, -0.25) is 0 Å². The van der Waals surface area contributed by atoms with Gasteiger partial charge in [0, 0.05) is 13.3 Å². The number of urea groups is 1. The molecule has 8 heteroatoms. The van der Waals surface area contributed by atoms with Crippen LogP contribution >= 0.6 is 0 Å². The Morgan fingerprint density at radius 1 is 1.50 bits per heavy atom. The smallest absolute Gasteiger partial charge is 0.326 e. The molecule has 0 radical (unpaired) electrons. The SMILES string of the molecule is C#CCN(C)C(=O)NC(CCS(C)(=O)=O)C(=O)O. The predicted molar refractivity (Wildman–Crippen MR) is 65.7 cm³/mol. The number of carbonyl (C=O) groups excluding carboxylic acids is 1. The second kappa shape index (κ2) is 6.86. The molecule has 0 aliphatic rings. The molecule has 0 bridgehead atoms. The van der Waals surface area contributed by atoms with Crippen molar-refractivity contribution in [2.45, 2.75) is 12.5 Å². The molecule has 2 amide bonds. The lowest BCUT2D eigenvalue weighted by molar-refractivity contribution is -0.139. The number of nitrogens with one attached hydrogen (secondary N) is 1. The molecule has 0 aromatic heterocycles. The van der Waals surface area contributed by atoms with Crippen molar-refractivity contribution in [2.75, 3.05) is 25.6 Å². The molecular weight excluding hydrogens is 260 g/mol. The fraction of sp³-hybridized carbons (Fsp3) is 0.600. The second-order valence-electron chi connectivity index (χ2n) is 3.82. The van der Waals surface area contributed by atoms with E-state index in [2.05, 4.69) is 11.2 Å². The molecule has 0 saturated carbocycles. The Bertz CT molecular complexity index is 451. The maximum atomic E-state index is 11.5. The molecule has 7 nitrogen and oxygen atoms in total. The molecule has 0 spiro atoms. The first kappa shape index (κ1) is 16.2. The van der Waals surface area contributed by atoms with Gasteiger partial charge in [-0.05, 0) is 6.42 Å². The summed E-state index contributed by atoms with van der Waals surface area (Å²) < 4.78 is 21.9. The largest absolute Gasteiger partial charge is 0.480 e. The summed E-state index contributed by atoms with van der Waals surface area (Å²) in [4.78, 5) is 23.5. The van der Waals surface area contributed by atoms with E-state index in [-0.39, 0.29) is 18.7 Å². The second-order valence-corrected chi connectivity index (χ2v) is 6.08. The summed E-state index contributed by atoms with van der Waals surface area (Å²) in [5, 5.41) is 11.1. The number of hydrogen-bond acceptors (Lipinski definition) is 4. The molecule has 102 valence electrons. The van der Waals surface area contributed by atoms with E-state index >= 15 is 0 Å². The Balaban J connectivity index is 4.51. The standard InChI is InChI=1S/C10H16N2O5S/c1-4-6-12(2)10(15)11-8(9(13)14)5-7-18(3,16)17/h1,8H,5-7H2,2-3H3,(H,11,15)(H,13,14). The maximum Gasteiger partial charge on any atom is 0.326 e. The fourth-order valence-corrected chi connectivity index (χ4v) is 1.72. The molecule has 18 heavy (non-hydrogen) atoms. The van der Waals surface area contributed by atoms with Crippen LogP contribution in [0.5, 0.6) is 0 Å². The maximum absolute atomic E-state index is 11.5. The number of carbonyl (C=O) groups is 2. The molecule has 0 saturated heterocycles. The number of carboxylic acid groups (broad SMARTS) is 1. The zero-order valence-electron chi connectivity index (χ0n) is 10.2. The first-order chi connectivity index (χ1) is 8.17. The number of amides is 2. The predicted octanol–water partition coefficient (Wildman–Crippen LogP) is -0.851. The van der Waals surface area contributed by atoms with E-state index in [4.69, 9.17) is 11.5 Å². The first-order valence-electron chi connectivity index (χ1n) is 5.03. The molecule has 0 aromatic carbocycles. The van der Waals surface area contributed by atoms with E-state index in [0.29, 0.717) is 0 Å². The summed E-state index contributed by atoms with van der Waals surface area (Å²) in [5.74, 6) is 0.622. The lowest BCUT2D eigenvalue weighted by Crippen LogP contribution is -2.47. The number of rotatable bonds is 6. The van der Waals surface area contributed by atoms with Crippen molar-refractivity contribution in [3.8, 4) is 12.3 Å². The number of sulfone groups is 1. The van der Waals surface area contributed by atoms with Gasteiger partial charge in [-0.1, -0.05) is 5.92 Å². The van der Waals surface area contributed by atoms with Crippen LogP contribution in [0.4, 0.5) is 4.79 Å². The van der Waals surface area contributed by atoms with E-state index in [1.165, 1.54) is 7.05 Å². The fourth-order valence-electron chi connectivity index (χ4n) is 1.06. The summed E-state index contributed by atoms with van der Waals surface area (Å²) in [5.41, 5.74) is 0. The van der Waals surface area contributed by atoms with Gasteiger partial charge in [0.1, 0.15) is 15.9 Å². The Kier molecular flexibility index (Phi) is 6.19. The Labute approximate surface area is 106 Å². The van der Waals surface area contributed by atoms with Gasteiger partial charge in [-0.15, -0.1) is 6.42 Å². The van der Waals surface area contributed by atoms with Crippen LogP contribution in [0.25, 0.3) is 0 Å². The molecule has 1 unspecified atom stereocenters. The van der Waals surface area contributed by atoms with Gasteiger partial charge in [0.2, 0.25) is 0 Å². The number of carboxylic acids is 1. The van der Waals surface area contributed by atoms with Crippen molar-refractivity contribution in [3.05, 3.63) is 0 Å². The minimum atomic E-state index is -3.28. The van der Waals surface area contributed by atoms with Gasteiger partial charge in [0.05, 0.1) is 12.3 Å². The number of terminal acetylenes is 1. The normalized spacial score (nSPS) is 12.3. The molecule has 0 rings (SSSR count). The summed E-state index contributed by atoms with van der Waals surface area (Å²) >= 11 is 0. The lowest BCUT2D eigenvalue weighted by atomic mass is 10.2. The quantitative estimate of drug-likeness (QED) is 0.615. The van der Waals surface area contributed by atoms with Gasteiger partial charge in [0.25, 0.3) is 0 Å². The van der Waals surface area contributed by atoms with E-state index in [1.807, 2.05) is 0 Å². The third-order valence-electron chi connectivity index (χ3n) is 2.05. The van der Waals surface area contributed by atoms with Gasteiger partial charge in [0.15, 0.2) is 0 Å². The van der Waals surface area contributed by atoms with E-state index in [9.17, 15) is 18.0 Å². The van der Waals surface area contributed by atoms with Crippen molar-refractivity contribution in [1.82, 2.24) is 10.2 Å². The Morgan fingerprint density at radius 3 is 2.44 bits per heavy atom. The van der Waals surface area contributed by atoms with E-state index in [0.717, 1.165) is 11.2 Å². The van der Waals surface area contributed by atoms with Crippen molar-refractivity contribution in [1.29, 1.82) is 0 Å². The highest BCUT2D eigenvalue weighted by atomic mass is 32.2. The topological polar surface area (TPSA) is 104 Å². The average molecular weight is 276 g/mol. The van der Waals surface area contributed by atoms with Gasteiger partial charge >= 0.3 is 12.0 Å². The minimum Gasteiger partial charge on any atom is -0.480 e. The monoisotopic (exact) mass is 276 g/mol. The van der Waals surface area contributed by atoms with Crippen LogP contribution in [0.3, 0.4) is 0 Å². The number of nitrogens with zero attached hydrogens (tertiary/aromatic N) is 1. The lowest BCUT2D eigenvalue weighted by Gasteiger charge is -2.19. The average Bonchev–Trinajstić information content (AvgIpc) is 2.22. The Hall–Kier alpha value is -1.75. The van der Waals surface area contributed by atoms with Crippen molar-refractivity contribution in [3.63, 3.8) is 0 Å². The van der Waals surface area contributed by atoms with Crippen LogP contribution in [-0.2, 0) is 14.6 Å². The van der Waals surface area contributed by atoms with Crippen LogP contribution in [-0.4, -0.2) is 62.1 Å². The van der Waals surface area contributed by atoms with Gasteiger partial charge in [-0.25, -0.2) is 18.0 Å². The van der Waals surface area contributed by atoms with E-state index < -0.39 is 27.9 Å². The van der Waals surface area contributed by atoms with E-state index in [1.54, 1.807) is 0 Å². The summed E-state index contributed by atoms with van der Waals surface area (Å²) in [6.45, 7) is 0.0320. The van der Waals surface area contributed by atoms with Crippen molar-refractivity contribution in [2.24, 2.45) is 0 Å². The molecule has 0 heterocycles. The van der Waals surface area contributed by atoms with Crippen LogP contribution in [0.15, 0.2) is 0 Å². The van der Waals surface area contributed by atoms with Gasteiger partial charge < -0.3 is 15.3 Å². The Morgan fingerprint density at radius 2 is 2.06 bits per heavy atom. The number of aliphatic carboxylic acids is 1. The zero-order valence-corrected chi connectivity index (χ0v) is 11.0. The van der Waals surface area contributed by atoms with Crippen LogP contribution in [0.2, 0.25) is 0 Å². The van der Waals surface area contributed by atoms with Crippen molar-refractivity contribution < 1.29 is 23.1 Å². The van der Waals surface area contributed by atoms with Crippen molar-refractivity contribution >= 4 is 21.8 Å². The third-order valence-corrected chi connectivity index (χ3v) is 3.03. The molecule has 1 atom stereocenters. The molecule has 2 N–H and O–H groups in total. The first-order valence-corrected chi connectivity index (χ1v) is 7.09. The highest BCUT2D eigenvalue weighted by molar-refractivity contribution is 7.90.